The van der Waals surface area contributed by atoms with E-state index in [4.69, 9.17) is 16.3 Å². The van der Waals surface area contributed by atoms with Gasteiger partial charge in [-0.2, -0.15) is 0 Å². The molecule has 9 heavy (non-hydrogen) atoms. The molecule has 0 aromatic rings. The first-order valence-electron chi connectivity index (χ1n) is 3.08. The van der Waals surface area contributed by atoms with Gasteiger partial charge in [0, 0.05) is 0 Å². The van der Waals surface area contributed by atoms with Crippen LogP contribution in [0.5, 0.6) is 0 Å². The van der Waals surface area contributed by atoms with Crippen molar-refractivity contribution in [2.24, 2.45) is 0 Å². The fourth-order valence-corrected chi connectivity index (χ4v) is 0.697. The summed E-state index contributed by atoms with van der Waals surface area (Å²) in [5, 5.41) is 0. The Hall–Kier alpha value is -0.170. The quantitative estimate of drug-likeness (QED) is 0.442. The zero-order chi connectivity index (χ0) is 7.28. The lowest BCUT2D eigenvalue weighted by Crippen LogP contribution is -2.02. The monoisotopic (exact) mass is 148 g/mol. The Morgan fingerprint density at radius 1 is 1.67 bits per heavy atom. The first-order valence-corrected chi connectivity index (χ1v) is 3.62. The molecule has 0 atom stereocenters. The van der Waals surface area contributed by atoms with Crippen molar-refractivity contribution in [3.05, 3.63) is 11.8 Å². The number of halogens is 1. The smallest absolute Gasteiger partial charge is 0.107 e. The number of alkyl halides is 1. The van der Waals surface area contributed by atoms with Crippen LogP contribution >= 0.6 is 11.6 Å². The van der Waals surface area contributed by atoms with Crippen molar-refractivity contribution in [2.45, 2.75) is 26.9 Å². The van der Waals surface area contributed by atoms with E-state index >= 15 is 0 Å². The lowest BCUT2D eigenvalue weighted by atomic mass is 10.4. The summed E-state index contributed by atoms with van der Waals surface area (Å²) in [5.41, 5.74) is 0. The van der Waals surface area contributed by atoms with Crippen LogP contribution in [0.4, 0.5) is 0 Å². The number of ether oxygens (including phenoxy) is 1. The Kier molecular flexibility index (Phi) is 4.60. The van der Waals surface area contributed by atoms with Gasteiger partial charge in [-0.15, -0.1) is 11.6 Å². The molecular weight excluding hydrogens is 136 g/mol. The van der Waals surface area contributed by atoms with Gasteiger partial charge in [-0.25, -0.2) is 0 Å². The molecule has 0 aliphatic carbocycles. The topological polar surface area (TPSA) is 9.23 Å². The maximum Gasteiger partial charge on any atom is 0.107 e. The van der Waals surface area contributed by atoms with Crippen molar-refractivity contribution in [3.63, 3.8) is 0 Å². The van der Waals surface area contributed by atoms with E-state index in [-0.39, 0.29) is 6.10 Å². The minimum absolute atomic E-state index is 0.231. The molecule has 2 heteroatoms. The lowest BCUT2D eigenvalue weighted by Gasteiger charge is -2.09. The normalized spacial score (nSPS) is 12.3. The maximum atomic E-state index is 5.52. The largest absolute Gasteiger partial charge is 0.494 e. The molecular formula is C7H13ClO. The van der Waals surface area contributed by atoms with E-state index in [9.17, 15) is 0 Å². The average molecular weight is 149 g/mol. The average Bonchev–Trinajstić information content (AvgIpc) is 1.82. The van der Waals surface area contributed by atoms with E-state index in [1.54, 1.807) is 0 Å². The van der Waals surface area contributed by atoms with E-state index in [1.807, 2.05) is 26.8 Å². The van der Waals surface area contributed by atoms with Crippen LogP contribution in [0.1, 0.15) is 20.8 Å². The standard InChI is InChI=1S/C7H13ClO/c1-4-7(5-8)9-6(2)3/h4,6H,5H2,1-3H3/b7-4+. The van der Waals surface area contributed by atoms with E-state index in [1.165, 1.54) is 0 Å². The molecule has 0 saturated heterocycles. The van der Waals surface area contributed by atoms with Gasteiger partial charge in [0.2, 0.25) is 0 Å². The van der Waals surface area contributed by atoms with Crippen molar-refractivity contribution in [1.82, 2.24) is 0 Å². The highest BCUT2D eigenvalue weighted by Gasteiger charge is 1.96. The van der Waals surface area contributed by atoms with Gasteiger partial charge in [0.05, 0.1) is 12.0 Å². The molecule has 0 aliphatic heterocycles. The third-order valence-corrected chi connectivity index (χ3v) is 1.10. The summed E-state index contributed by atoms with van der Waals surface area (Å²) in [6, 6.07) is 0. The summed E-state index contributed by atoms with van der Waals surface area (Å²) < 4.78 is 5.28. The van der Waals surface area contributed by atoms with E-state index < -0.39 is 0 Å². The molecule has 0 N–H and O–H groups in total. The first-order chi connectivity index (χ1) is 4.20. The summed E-state index contributed by atoms with van der Waals surface area (Å²) in [6.07, 6.45) is 2.11. The first kappa shape index (κ1) is 8.83. The van der Waals surface area contributed by atoms with Gasteiger partial charge in [0.25, 0.3) is 0 Å². The summed E-state index contributed by atoms with van der Waals surface area (Å²) in [7, 11) is 0. The highest BCUT2D eigenvalue weighted by molar-refractivity contribution is 6.19. The molecule has 0 amide bonds. The number of hydrogen-bond acceptors (Lipinski definition) is 1. The number of allylic oxidation sites excluding steroid dienone is 2. The lowest BCUT2D eigenvalue weighted by molar-refractivity contribution is 0.150. The molecule has 0 spiro atoms. The van der Waals surface area contributed by atoms with Crippen LogP contribution in [-0.4, -0.2) is 12.0 Å². The molecule has 0 aromatic heterocycles. The van der Waals surface area contributed by atoms with E-state index in [2.05, 4.69) is 0 Å². The maximum absolute atomic E-state index is 5.52. The van der Waals surface area contributed by atoms with Crippen LogP contribution in [0.2, 0.25) is 0 Å². The van der Waals surface area contributed by atoms with Crippen molar-refractivity contribution >= 4 is 11.6 Å². The fraction of sp³-hybridized carbons (Fsp3) is 0.714. The van der Waals surface area contributed by atoms with Gasteiger partial charge >= 0.3 is 0 Å². The third-order valence-electron chi connectivity index (χ3n) is 0.841. The Bertz CT molecular complexity index is 97.1. The van der Waals surface area contributed by atoms with Gasteiger partial charge in [0.15, 0.2) is 0 Å². The molecule has 0 fully saturated rings. The van der Waals surface area contributed by atoms with Crippen LogP contribution in [0.15, 0.2) is 11.8 Å². The van der Waals surface area contributed by atoms with Gasteiger partial charge in [0.1, 0.15) is 5.76 Å². The zero-order valence-corrected chi connectivity index (χ0v) is 6.90. The molecule has 0 aliphatic rings. The molecule has 0 bridgehead atoms. The van der Waals surface area contributed by atoms with Gasteiger partial charge in [-0.1, -0.05) is 0 Å². The summed E-state index contributed by atoms with van der Waals surface area (Å²) >= 11 is 5.52. The Morgan fingerprint density at radius 2 is 2.22 bits per heavy atom. The van der Waals surface area contributed by atoms with E-state index in [0.717, 1.165) is 5.76 Å². The molecule has 0 radical (unpaired) electrons. The van der Waals surface area contributed by atoms with Crippen LogP contribution in [-0.2, 0) is 4.74 Å². The van der Waals surface area contributed by atoms with E-state index in [0.29, 0.717) is 5.88 Å². The molecule has 0 unspecified atom stereocenters. The van der Waals surface area contributed by atoms with Crippen LogP contribution < -0.4 is 0 Å². The van der Waals surface area contributed by atoms with Crippen molar-refractivity contribution in [3.8, 4) is 0 Å². The van der Waals surface area contributed by atoms with Crippen molar-refractivity contribution in [1.29, 1.82) is 0 Å². The van der Waals surface area contributed by atoms with Gasteiger partial charge < -0.3 is 4.74 Å². The van der Waals surface area contributed by atoms with Crippen molar-refractivity contribution < 1.29 is 4.74 Å². The zero-order valence-electron chi connectivity index (χ0n) is 6.15. The summed E-state index contributed by atoms with van der Waals surface area (Å²) in [5.74, 6) is 1.32. The Labute approximate surface area is 61.7 Å². The number of rotatable bonds is 3. The molecule has 1 nitrogen and oxygen atoms in total. The van der Waals surface area contributed by atoms with Crippen molar-refractivity contribution in [2.75, 3.05) is 5.88 Å². The predicted octanol–water partition coefficient (Wildman–Crippen LogP) is 2.55. The van der Waals surface area contributed by atoms with Crippen LogP contribution in [0, 0.1) is 0 Å². The Morgan fingerprint density at radius 3 is 2.33 bits per heavy atom. The second kappa shape index (κ2) is 4.68. The van der Waals surface area contributed by atoms with Crippen LogP contribution in [0.25, 0.3) is 0 Å². The summed E-state index contributed by atoms with van der Waals surface area (Å²) in [4.78, 5) is 0. The minimum Gasteiger partial charge on any atom is -0.494 e. The fourth-order valence-electron chi connectivity index (χ4n) is 0.479. The molecule has 0 aromatic carbocycles. The second-order valence-electron chi connectivity index (χ2n) is 2.06. The Balaban J connectivity index is 3.58. The predicted molar refractivity (Wildman–Crippen MR) is 40.7 cm³/mol. The van der Waals surface area contributed by atoms with Gasteiger partial charge in [-0.05, 0) is 26.8 Å². The third kappa shape index (κ3) is 4.34. The molecule has 0 heterocycles. The minimum atomic E-state index is 0.231. The number of hydrogen-bond donors (Lipinski definition) is 0. The highest BCUT2D eigenvalue weighted by atomic mass is 35.5. The second-order valence-corrected chi connectivity index (χ2v) is 2.32. The SMILES string of the molecule is C/C=C(\CCl)OC(C)C. The molecule has 54 valence electrons. The summed E-state index contributed by atoms with van der Waals surface area (Å²) in [6.45, 7) is 5.88. The molecule has 0 rings (SSSR count). The van der Waals surface area contributed by atoms with Crippen LogP contribution in [0.3, 0.4) is 0 Å². The highest BCUT2D eigenvalue weighted by Crippen LogP contribution is 2.03. The van der Waals surface area contributed by atoms with Gasteiger partial charge in [-0.3, -0.25) is 0 Å². The molecule has 0 saturated carbocycles.